The molecule has 5 aromatic carbocycles. The maximum atomic E-state index is 13.4. The summed E-state index contributed by atoms with van der Waals surface area (Å²) in [5.74, 6) is -4.68. The second-order valence-electron chi connectivity index (χ2n) is 12.5. The highest BCUT2D eigenvalue weighted by Crippen LogP contribution is 2.23. The summed E-state index contributed by atoms with van der Waals surface area (Å²) in [4.78, 5) is 38.3. The fourth-order valence-electron chi connectivity index (χ4n) is 5.83. The summed E-state index contributed by atoms with van der Waals surface area (Å²) in [6.07, 6.45) is -1.25. The van der Waals surface area contributed by atoms with Crippen LogP contribution in [-0.2, 0) is 33.7 Å². The van der Waals surface area contributed by atoms with Crippen molar-refractivity contribution in [3.05, 3.63) is 154 Å². The van der Waals surface area contributed by atoms with Gasteiger partial charge in [-0.15, -0.1) is 5.10 Å². The fraction of sp³-hybridized carbons (Fsp3) is 0.205. The highest BCUT2D eigenvalue weighted by molar-refractivity contribution is 5.94. The monoisotopic (exact) mass is 766 g/mol. The van der Waals surface area contributed by atoms with Gasteiger partial charge in [0.25, 0.3) is 11.8 Å². The lowest BCUT2D eigenvalue weighted by Crippen LogP contribution is -2.40. The van der Waals surface area contributed by atoms with E-state index in [4.69, 9.17) is 10.7 Å². The minimum absolute atomic E-state index is 0.0690. The molecule has 6 aromatic rings. The summed E-state index contributed by atoms with van der Waals surface area (Å²) in [7, 11) is 1.18. The van der Waals surface area contributed by atoms with Gasteiger partial charge in [-0.05, 0) is 69.2 Å². The van der Waals surface area contributed by atoms with Crippen LogP contribution < -0.4 is 10.8 Å². The average molecular weight is 767 g/mol. The van der Waals surface area contributed by atoms with Gasteiger partial charge in [0, 0.05) is 10.5 Å². The molecule has 1 aromatic heterocycles. The number of benzene rings is 5. The Hall–Kier alpha value is -6.78. The first-order valence-electron chi connectivity index (χ1n) is 17.0. The van der Waals surface area contributed by atoms with Crippen LogP contribution in [0.2, 0.25) is 0 Å². The summed E-state index contributed by atoms with van der Waals surface area (Å²) in [6, 6.07) is 28.0. The third-order valence-electron chi connectivity index (χ3n) is 8.78. The van der Waals surface area contributed by atoms with E-state index in [9.17, 15) is 33.4 Å². The van der Waals surface area contributed by atoms with Gasteiger partial charge in [-0.1, -0.05) is 95.3 Å². The largest absolute Gasteiger partial charge is 0.467 e. The van der Waals surface area contributed by atoms with Crippen LogP contribution in [0.1, 0.15) is 33.2 Å². The van der Waals surface area contributed by atoms with Crippen molar-refractivity contribution in [2.75, 3.05) is 7.11 Å². The van der Waals surface area contributed by atoms with Crippen LogP contribution in [-0.4, -0.2) is 73.6 Å². The number of azide groups is 1. The van der Waals surface area contributed by atoms with Gasteiger partial charge in [-0.3, -0.25) is 14.8 Å². The van der Waals surface area contributed by atoms with Crippen molar-refractivity contribution in [1.82, 2.24) is 25.8 Å². The van der Waals surface area contributed by atoms with Gasteiger partial charge in [0.2, 0.25) is 0 Å². The molecule has 0 aliphatic heterocycles. The maximum Gasteiger partial charge on any atom is 0.335 e. The number of hydrogen-bond acceptors (Lipinski definition) is 10. The summed E-state index contributed by atoms with van der Waals surface area (Å²) >= 11 is 0. The molecule has 0 saturated carbocycles. The number of carbonyl (C=O) groups is 3. The van der Waals surface area contributed by atoms with Crippen molar-refractivity contribution in [3.63, 3.8) is 0 Å². The molecule has 0 aliphatic rings. The van der Waals surface area contributed by atoms with E-state index in [1.54, 1.807) is 0 Å². The summed E-state index contributed by atoms with van der Waals surface area (Å²) < 4.78 is 32.2. The number of amides is 2. The summed E-state index contributed by atoms with van der Waals surface area (Å²) in [5.41, 5.74) is 11.9. The van der Waals surface area contributed by atoms with Crippen molar-refractivity contribution in [2.24, 2.45) is 5.11 Å². The Kier molecular flexibility index (Phi) is 13.7. The van der Waals surface area contributed by atoms with Crippen molar-refractivity contribution in [3.8, 4) is 0 Å². The number of halogens is 2. The number of hydroxylamine groups is 1. The molecule has 0 bridgehead atoms. The molecule has 1 unspecified atom stereocenters. The van der Waals surface area contributed by atoms with Crippen LogP contribution in [0.25, 0.3) is 32.0 Å². The zero-order valence-electron chi connectivity index (χ0n) is 29.7. The van der Waals surface area contributed by atoms with Gasteiger partial charge in [0.15, 0.2) is 23.8 Å². The van der Waals surface area contributed by atoms with Gasteiger partial charge >= 0.3 is 5.97 Å². The number of fused-ring (bicyclic) bond motifs is 2. The molecule has 56 heavy (non-hydrogen) atoms. The van der Waals surface area contributed by atoms with Crippen LogP contribution >= 0.6 is 0 Å². The van der Waals surface area contributed by atoms with E-state index in [0.29, 0.717) is 5.69 Å². The van der Waals surface area contributed by atoms with E-state index >= 15 is 0 Å². The van der Waals surface area contributed by atoms with E-state index in [1.807, 2.05) is 84.9 Å². The van der Waals surface area contributed by atoms with Gasteiger partial charge in [0.05, 0.1) is 31.9 Å². The Labute approximate surface area is 317 Å². The number of methoxy groups -OCH3 is 1. The molecular weight excluding hydrogens is 730 g/mol. The van der Waals surface area contributed by atoms with Crippen LogP contribution in [0.15, 0.2) is 114 Å². The first-order chi connectivity index (χ1) is 27.0. The van der Waals surface area contributed by atoms with Crippen LogP contribution in [0.5, 0.6) is 0 Å². The number of carbonyl (C=O) groups excluding carboxylic acids is 3. The van der Waals surface area contributed by atoms with Gasteiger partial charge in [-0.25, -0.2) is 23.7 Å². The van der Waals surface area contributed by atoms with Gasteiger partial charge < -0.3 is 20.3 Å². The van der Waals surface area contributed by atoms with Crippen LogP contribution in [0.3, 0.4) is 0 Å². The van der Waals surface area contributed by atoms with Crippen molar-refractivity contribution >= 4 is 39.3 Å². The minimum atomic E-state index is -1.65. The Morgan fingerprint density at radius 1 is 0.839 bits per heavy atom. The second kappa shape index (κ2) is 19.0. The lowest BCUT2D eigenvalue weighted by Gasteiger charge is -2.21. The third-order valence-corrected chi connectivity index (χ3v) is 8.78. The van der Waals surface area contributed by atoms with E-state index in [1.165, 1.54) is 23.5 Å². The molecule has 0 fully saturated rings. The molecule has 6 rings (SSSR count). The number of nitrogens with one attached hydrogen (secondary N) is 2. The van der Waals surface area contributed by atoms with E-state index in [-0.39, 0.29) is 24.9 Å². The summed E-state index contributed by atoms with van der Waals surface area (Å²) in [5, 5.41) is 47.5. The smallest absolute Gasteiger partial charge is 0.335 e. The Bertz CT molecular complexity index is 2390. The Morgan fingerprint density at radius 2 is 1.45 bits per heavy atom. The molecule has 288 valence electrons. The van der Waals surface area contributed by atoms with Crippen molar-refractivity contribution < 1.29 is 43.3 Å². The van der Waals surface area contributed by atoms with E-state index in [2.05, 4.69) is 30.4 Å². The van der Waals surface area contributed by atoms with Crippen molar-refractivity contribution in [2.45, 2.75) is 43.7 Å². The number of aromatic nitrogens is 3. The molecule has 0 saturated heterocycles. The highest BCUT2D eigenvalue weighted by Gasteiger charge is 2.29. The molecule has 4 atom stereocenters. The van der Waals surface area contributed by atoms with E-state index < -0.39 is 53.7 Å². The summed E-state index contributed by atoms with van der Waals surface area (Å²) in [6.45, 7) is -0.0944. The first-order valence-corrected chi connectivity index (χ1v) is 17.0. The zero-order chi connectivity index (χ0) is 40.2. The zero-order valence-corrected chi connectivity index (χ0v) is 29.7. The van der Waals surface area contributed by atoms with Gasteiger partial charge in [0.1, 0.15) is 5.69 Å². The van der Waals surface area contributed by atoms with Crippen molar-refractivity contribution in [1.29, 1.82) is 0 Å². The van der Waals surface area contributed by atoms with E-state index in [0.717, 1.165) is 50.9 Å². The standard InChI is InChI=1S/C24H21F2N5O4.C15H15N3O3/c25-19-8-7-17(11-20(19)26)23(33)27-12-18-13-31(30-28-18)21(22(32)24(34)29-35)10-14-5-6-15-3-1-2-4-16(15)9-14;1-21-15(20)14(19)13(17-18-16)9-10-6-7-11-4-2-3-5-12(11)8-10/h1-9,11,13,21-22,32,35H,10,12H2,(H,27,33)(H,29,34);2-8,13-14,19H,9H2,1H3/t21-,22-;13-,14?/m11/s1. The average Bonchev–Trinajstić information content (AvgIpc) is 3.70. The minimum Gasteiger partial charge on any atom is -0.467 e. The molecule has 5 N–H and O–H groups in total. The number of aliphatic hydroxyl groups is 2. The number of nitrogens with zero attached hydrogens (tertiary/aromatic N) is 6. The van der Waals surface area contributed by atoms with Crippen LogP contribution in [0, 0.1) is 11.6 Å². The number of esters is 1. The predicted octanol–water partition coefficient (Wildman–Crippen LogP) is 4.88. The molecular formula is C39H36F2N8O7. The normalized spacial score (nSPS) is 13.0. The van der Waals surface area contributed by atoms with Crippen LogP contribution in [0.4, 0.5) is 8.78 Å². The predicted molar refractivity (Wildman–Crippen MR) is 199 cm³/mol. The topological polar surface area (TPSA) is 225 Å². The molecule has 1 heterocycles. The Balaban J connectivity index is 0.000000244. The highest BCUT2D eigenvalue weighted by atomic mass is 19.2. The molecule has 2 amide bonds. The number of aliphatic hydroxyl groups excluding tert-OH is 2. The quantitative estimate of drug-likeness (QED) is 0.0269. The molecule has 15 nitrogen and oxygen atoms in total. The first kappa shape index (κ1) is 40.4. The fourth-order valence-corrected chi connectivity index (χ4v) is 5.83. The number of hydrogen-bond donors (Lipinski definition) is 5. The maximum absolute atomic E-state index is 13.4. The number of rotatable bonds is 13. The lowest BCUT2D eigenvalue weighted by atomic mass is 9.98. The lowest BCUT2D eigenvalue weighted by molar-refractivity contribution is -0.151. The Morgan fingerprint density at radius 3 is 2.02 bits per heavy atom. The second-order valence-corrected chi connectivity index (χ2v) is 12.5. The molecule has 0 radical (unpaired) electrons. The third kappa shape index (κ3) is 10.2. The molecule has 17 heteroatoms. The molecule has 0 spiro atoms. The van der Waals surface area contributed by atoms with Gasteiger partial charge in [-0.2, -0.15) is 0 Å². The molecule has 0 aliphatic carbocycles. The SMILES string of the molecule is COC(=O)C(O)[C@@H](Cc1ccc2ccccc2c1)N=[N+]=[N-].O=C(NCc1cn([C@H](Cc2ccc3ccccc3c2)[C@@H](O)C(=O)NO)nn1)c1ccc(F)c(F)c1. The number of ether oxygens (including phenoxy) is 1.